The number of halogens is 1. The summed E-state index contributed by atoms with van der Waals surface area (Å²) in [6.45, 7) is 0.775. The highest BCUT2D eigenvalue weighted by Crippen LogP contribution is 2.35. The van der Waals surface area contributed by atoms with Crippen molar-refractivity contribution in [2.24, 2.45) is 0 Å². The standard InChI is InChI=1S/C26H24ClN5O4/c27-20-12-17(7-8-22(20)35-15-18-4-1-2-10-28-18)31-26-25-21(29-16-30-26)5-3-6-23(25)36-19-9-11-32(13-19)24(34)14-33/h1-8,10,12,16,19,33H,9,11,13-15H2,(H,29,30,31)/t19-/m0/s1. The lowest BCUT2D eigenvalue weighted by atomic mass is 10.2. The Morgan fingerprint density at radius 1 is 1.11 bits per heavy atom. The number of amides is 1. The molecule has 0 unspecified atom stereocenters. The molecular formula is C26H24ClN5O4. The molecule has 2 aromatic heterocycles. The number of aliphatic hydroxyl groups excluding tert-OH is 1. The van der Waals surface area contributed by atoms with Crippen LogP contribution in [0, 0.1) is 0 Å². The molecule has 1 atom stereocenters. The third kappa shape index (κ3) is 5.32. The maximum absolute atomic E-state index is 11.8. The fourth-order valence-corrected chi connectivity index (χ4v) is 4.30. The monoisotopic (exact) mass is 505 g/mol. The fourth-order valence-electron chi connectivity index (χ4n) is 4.07. The van der Waals surface area contributed by atoms with E-state index in [1.54, 1.807) is 23.2 Å². The Morgan fingerprint density at radius 2 is 2.03 bits per heavy atom. The number of hydrogen-bond acceptors (Lipinski definition) is 8. The van der Waals surface area contributed by atoms with Crippen LogP contribution in [0.25, 0.3) is 10.9 Å². The van der Waals surface area contributed by atoms with Gasteiger partial charge in [-0.05, 0) is 42.5 Å². The van der Waals surface area contributed by atoms with Gasteiger partial charge in [0, 0.05) is 24.8 Å². The Balaban J connectivity index is 1.34. The van der Waals surface area contributed by atoms with Gasteiger partial charge in [-0.1, -0.05) is 23.7 Å². The van der Waals surface area contributed by atoms with Gasteiger partial charge in [0.25, 0.3) is 0 Å². The number of nitrogens with zero attached hydrogens (tertiary/aromatic N) is 4. The van der Waals surface area contributed by atoms with E-state index in [2.05, 4.69) is 20.3 Å². The molecule has 1 amide bonds. The number of anilines is 2. The Labute approximate surface area is 212 Å². The maximum Gasteiger partial charge on any atom is 0.248 e. The number of aromatic nitrogens is 3. The molecule has 9 nitrogen and oxygen atoms in total. The largest absolute Gasteiger partial charge is 0.488 e. The Morgan fingerprint density at radius 3 is 2.83 bits per heavy atom. The number of carbonyl (C=O) groups excluding carboxylic acids is 1. The number of nitrogens with one attached hydrogen (secondary N) is 1. The van der Waals surface area contributed by atoms with Crippen LogP contribution in [0.2, 0.25) is 5.02 Å². The van der Waals surface area contributed by atoms with E-state index < -0.39 is 6.61 Å². The lowest BCUT2D eigenvalue weighted by molar-refractivity contribution is -0.133. The summed E-state index contributed by atoms with van der Waals surface area (Å²) >= 11 is 6.48. The van der Waals surface area contributed by atoms with Gasteiger partial charge in [-0.15, -0.1) is 0 Å². The zero-order valence-electron chi connectivity index (χ0n) is 19.3. The molecule has 0 bridgehead atoms. The Kier molecular flexibility index (Phi) is 7.11. The van der Waals surface area contributed by atoms with Crippen molar-refractivity contribution in [3.8, 4) is 11.5 Å². The van der Waals surface area contributed by atoms with Crippen LogP contribution in [-0.4, -0.2) is 56.7 Å². The molecular weight excluding hydrogens is 482 g/mol. The van der Waals surface area contributed by atoms with E-state index in [0.29, 0.717) is 54.0 Å². The first kappa shape index (κ1) is 23.8. The number of aliphatic hydroxyl groups is 1. The maximum atomic E-state index is 11.8. The third-order valence-electron chi connectivity index (χ3n) is 5.85. The van der Waals surface area contributed by atoms with Crippen molar-refractivity contribution >= 4 is 39.9 Å². The average molecular weight is 506 g/mol. The van der Waals surface area contributed by atoms with E-state index in [0.717, 1.165) is 16.8 Å². The molecule has 0 spiro atoms. The predicted molar refractivity (Wildman–Crippen MR) is 136 cm³/mol. The van der Waals surface area contributed by atoms with Gasteiger partial charge in [0.05, 0.1) is 28.2 Å². The van der Waals surface area contributed by atoms with Gasteiger partial charge >= 0.3 is 0 Å². The summed E-state index contributed by atoms with van der Waals surface area (Å²) in [6, 6.07) is 16.7. The van der Waals surface area contributed by atoms with Crippen LogP contribution in [0.4, 0.5) is 11.5 Å². The van der Waals surface area contributed by atoms with Gasteiger partial charge in [0.1, 0.15) is 43.0 Å². The predicted octanol–water partition coefficient (Wildman–Crippen LogP) is 3.97. The smallest absolute Gasteiger partial charge is 0.248 e. The number of carbonyl (C=O) groups is 1. The minimum atomic E-state index is -0.502. The first-order valence-electron chi connectivity index (χ1n) is 11.5. The molecule has 10 heteroatoms. The molecule has 0 radical (unpaired) electrons. The molecule has 184 valence electrons. The van der Waals surface area contributed by atoms with Crippen LogP contribution in [0.3, 0.4) is 0 Å². The molecule has 1 fully saturated rings. The molecule has 1 aliphatic rings. The van der Waals surface area contributed by atoms with E-state index in [1.165, 1.54) is 6.33 Å². The highest BCUT2D eigenvalue weighted by molar-refractivity contribution is 6.32. The molecule has 36 heavy (non-hydrogen) atoms. The number of likely N-dealkylation sites (tertiary alicyclic amines) is 1. The van der Waals surface area contributed by atoms with Crippen LogP contribution in [0.1, 0.15) is 12.1 Å². The molecule has 2 N–H and O–H groups in total. The van der Waals surface area contributed by atoms with Gasteiger partial charge in [0.2, 0.25) is 5.91 Å². The minimum absolute atomic E-state index is 0.191. The number of ether oxygens (including phenoxy) is 2. The molecule has 0 aliphatic carbocycles. The second-order valence-corrected chi connectivity index (χ2v) is 8.69. The average Bonchev–Trinajstić information content (AvgIpc) is 3.37. The summed E-state index contributed by atoms with van der Waals surface area (Å²) in [5.41, 5.74) is 2.25. The van der Waals surface area contributed by atoms with Crippen molar-refractivity contribution in [3.63, 3.8) is 0 Å². The first-order valence-corrected chi connectivity index (χ1v) is 11.9. The lowest BCUT2D eigenvalue weighted by Crippen LogP contribution is -2.32. The van der Waals surface area contributed by atoms with Crippen LogP contribution < -0.4 is 14.8 Å². The van der Waals surface area contributed by atoms with E-state index in [4.69, 9.17) is 26.2 Å². The number of benzene rings is 2. The molecule has 0 saturated carbocycles. The van der Waals surface area contributed by atoms with Crippen molar-refractivity contribution < 1.29 is 19.4 Å². The molecule has 1 saturated heterocycles. The number of fused-ring (bicyclic) bond motifs is 1. The van der Waals surface area contributed by atoms with Gasteiger partial charge in [0.15, 0.2) is 0 Å². The van der Waals surface area contributed by atoms with Crippen LogP contribution >= 0.6 is 11.6 Å². The van der Waals surface area contributed by atoms with Crippen LogP contribution in [0.15, 0.2) is 67.1 Å². The van der Waals surface area contributed by atoms with Gasteiger partial charge < -0.3 is 24.8 Å². The summed E-state index contributed by atoms with van der Waals surface area (Å²) < 4.78 is 12.1. The minimum Gasteiger partial charge on any atom is -0.488 e. The summed E-state index contributed by atoms with van der Waals surface area (Å²) in [5, 5.41) is 13.6. The molecule has 4 aromatic rings. The van der Waals surface area contributed by atoms with Crippen molar-refractivity contribution in [3.05, 3.63) is 77.8 Å². The van der Waals surface area contributed by atoms with E-state index >= 15 is 0 Å². The quantitative estimate of drug-likeness (QED) is 0.370. The van der Waals surface area contributed by atoms with Crippen molar-refractivity contribution in [2.75, 3.05) is 25.0 Å². The Hall–Kier alpha value is -3.95. The SMILES string of the molecule is O=C(CO)N1CC[C@H](Oc2cccc3ncnc(Nc4ccc(OCc5ccccn5)c(Cl)c4)c23)C1. The zero-order chi connectivity index (χ0) is 24.9. The summed E-state index contributed by atoms with van der Waals surface area (Å²) in [6.07, 6.45) is 3.68. The van der Waals surface area contributed by atoms with Crippen LogP contribution in [0.5, 0.6) is 11.5 Å². The fraction of sp³-hybridized carbons (Fsp3) is 0.231. The number of rotatable bonds is 8. The normalized spacial score (nSPS) is 15.2. The highest BCUT2D eigenvalue weighted by Gasteiger charge is 2.28. The second kappa shape index (κ2) is 10.8. The van der Waals surface area contributed by atoms with Crippen molar-refractivity contribution in [1.29, 1.82) is 0 Å². The molecule has 3 heterocycles. The van der Waals surface area contributed by atoms with E-state index in [1.807, 2.05) is 42.5 Å². The zero-order valence-corrected chi connectivity index (χ0v) is 20.1. The van der Waals surface area contributed by atoms with Gasteiger partial charge in [-0.2, -0.15) is 0 Å². The second-order valence-electron chi connectivity index (χ2n) is 8.28. The number of hydrogen-bond donors (Lipinski definition) is 2. The lowest BCUT2D eigenvalue weighted by Gasteiger charge is -2.18. The third-order valence-corrected chi connectivity index (χ3v) is 6.14. The van der Waals surface area contributed by atoms with E-state index in [-0.39, 0.29) is 12.0 Å². The van der Waals surface area contributed by atoms with E-state index in [9.17, 15) is 4.79 Å². The van der Waals surface area contributed by atoms with Crippen molar-refractivity contribution in [2.45, 2.75) is 19.1 Å². The summed E-state index contributed by atoms with van der Waals surface area (Å²) in [7, 11) is 0. The van der Waals surface area contributed by atoms with Crippen LogP contribution in [-0.2, 0) is 11.4 Å². The first-order chi connectivity index (χ1) is 17.6. The van der Waals surface area contributed by atoms with Gasteiger partial charge in [-0.3, -0.25) is 9.78 Å². The highest BCUT2D eigenvalue weighted by atomic mass is 35.5. The molecule has 5 rings (SSSR count). The summed E-state index contributed by atoms with van der Waals surface area (Å²) in [4.78, 5) is 26.5. The van der Waals surface area contributed by atoms with Crippen molar-refractivity contribution in [1.82, 2.24) is 19.9 Å². The topological polar surface area (TPSA) is 110 Å². The molecule has 1 aliphatic heterocycles. The molecule has 2 aromatic carbocycles. The Bertz CT molecular complexity index is 1370. The van der Waals surface area contributed by atoms with Gasteiger partial charge in [-0.25, -0.2) is 9.97 Å². The number of pyridine rings is 1. The summed E-state index contributed by atoms with van der Waals surface area (Å²) in [5.74, 6) is 1.43.